The summed E-state index contributed by atoms with van der Waals surface area (Å²) in [7, 11) is 1.62. The van der Waals surface area contributed by atoms with Crippen molar-refractivity contribution in [3.8, 4) is 5.75 Å². The third kappa shape index (κ3) is 4.37. The van der Waals surface area contributed by atoms with Crippen LogP contribution in [0.2, 0.25) is 0 Å². The van der Waals surface area contributed by atoms with E-state index in [0.717, 1.165) is 22.4 Å². The molecule has 0 aliphatic carbocycles. The predicted octanol–water partition coefficient (Wildman–Crippen LogP) is 3.05. The van der Waals surface area contributed by atoms with Crippen LogP contribution in [0.3, 0.4) is 0 Å². The fourth-order valence-corrected chi connectivity index (χ4v) is 5.28. The van der Waals surface area contributed by atoms with Crippen LogP contribution in [0.15, 0.2) is 97.6 Å². The van der Waals surface area contributed by atoms with Crippen molar-refractivity contribution in [1.29, 1.82) is 0 Å². The quantitative estimate of drug-likeness (QED) is 0.254. The van der Waals surface area contributed by atoms with Crippen molar-refractivity contribution >= 4 is 17.0 Å². The van der Waals surface area contributed by atoms with Crippen LogP contribution in [0.5, 0.6) is 5.75 Å². The molecule has 0 radical (unpaired) electrons. The number of hydrogen-bond donors (Lipinski definition) is 3. The van der Waals surface area contributed by atoms with Crippen molar-refractivity contribution in [3.05, 3.63) is 114 Å². The Morgan fingerprint density at radius 1 is 0.850 bits per heavy atom. The van der Waals surface area contributed by atoms with E-state index >= 15 is 0 Å². The molecule has 10 nitrogen and oxygen atoms in total. The Labute approximate surface area is 230 Å². The van der Waals surface area contributed by atoms with Crippen LogP contribution in [0, 0.1) is 0 Å². The number of hydrogen-bond acceptors (Lipinski definition) is 9. The Hall–Kier alpha value is -4.35. The summed E-state index contributed by atoms with van der Waals surface area (Å²) in [5.74, 6) is 0.933. The second-order valence-corrected chi connectivity index (χ2v) is 9.58. The summed E-state index contributed by atoms with van der Waals surface area (Å²) in [5.41, 5.74) is 8.31. The van der Waals surface area contributed by atoms with E-state index < -0.39 is 30.1 Å². The SMILES string of the molecule is COc1ccc(C(OC[C@H]2O[C@@H](n3cnc4c(N)ncnc43)[C@H](O)[C@@H]2O)(c2ccccc2)c2ccccc2)cc1. The Morgan fingerprint density at radius 2 is 1.48 bits per heavy atom. The minimum atomic E-state index is -1.26. The van der Waals surface area contributed by atoms with Gasteiger partial charge in [0.25, 0.3) is 0 Å². The van der Waals surface area contributed by atoms with Crippen LogP contribution in [-0.4, -0.2) is 61.8 Å². The molecule has 1 aliphatic heterocycles. The van der Waals surface area contributed by atoms with Gasteiger partial charge in [0.15, 0.2) is 17.7 Å². The van der Waals surface area contributed by atoms with Crippen LogP contribution in [0.4, 0.5) is 5.82 Å². The Morgan fingerprint density at radius 3 is 2.10 bits per heavy atom. The minimum absolute atomic E-state index is 0.0334. The maximum atomic E-state index is 11.1. The summed E-state index contributed by atoms with van der Waals surface area (Å²) in [6, 6.07) is 27.4. The van der Waals surface area contributed by atoms with Gasteiger partial charge in [-0.2, -0.15) is 0 Å². The van der Waals surface area contributed by atoms with E-state index in [-0.39, 0.29) is 12.4 Å². The highest BCUT2D eigenvalue weighted by Crippen LogP contribution is 2.42. The molecule has 0 saturated carbocycles. The third-order valence-electron chi connectivity index (χ3n) is 7.32. The zero-order valence-corrected chi connectivity index (χ0v) is 21.7. The first-order valence-electron chi connectivity index (χ1n) is 12.9. The summed E-state index contributed by atoms with van der Waals surface area (Å²) in [5, 5.41) is 22.1. The first kappa shape index (κ1) is 25.9. The second kappa shape index (κ2) is 10.7. The van der Waals surface area contributed by atoms with Crippen molar-refractivity contribution in [2.24, 2.45) is 0 Å². The second-order valence-electron chi connectivity index (χ2n) is 9.58. The Balaban J connectivity index is 1.37. The van der Waals surface area contributed by atoms with Gasteiger partial charge in [-0.3, -0.25) is 4.57 Å². The van der Waals surface area contributed by atoms with Gasteiger partial charge in [-0.15, -0.1) is 0 Å². The lowest BCUT2D eigenvalue weighted by atomic mass is 9.80. The number of aliphatic hydroxyl groups is 2. The number of aliphatic hydroxyl groups excluding tert-OH is 2. The number of imidazole rings is 1. The number of rotatable bonds is 8. The fourth-order valence-electron chi connectivity index (χ4n) is 5.28. The van der Waals surface area contributed by atoms with Gasteiger partial charge in [0.05, 0.1) is 20.0 Å². The molecule has 1 fully saturated rings. The molecule has 204 valence electrons. The summed E-state index contributed by atoms with van der Waals surface area (Å²) in [6.45, 7) is -0.0334. The summed E-state index contributed by atoms with van der Waals surface area (Å²) in [4.78, 5) is 12.5. The van der Waals surface area contributed by atoms with E-state index in [1.54, 1.807) is 11.7 Å². The minimum Gasteiger partial charge on any atom is -0.497 e. The number of benzene rings is 3. The molecule has 3 aromatic carbocycles. The average Bonchev–Trinajstić information content (AvgIpc) is 3.56. The van der Waals surface area contributed by atoms with E-state index in [0.29, 0.717) is 11.2 Å². The molecule has 1 aliphatic rings. The number of methoxy groups -OCH3 is 1. The van der Waals surface area contributed by atoms with Crippen molar-refractivity contribution in [1.82, 2.24) is 19.5 Å². The van der Waals surface area contributed by atoms with Crippen LogP contribution >= 0.6 is 0 Å². The standard InChI is InChI=1S/C30H29N5O5/c1-38-22-14-12-21(13-15-22)30(19-8-4-2-5-9-19,20-10-6-3-7-11-20)39-16-23-25(36)26(37)29(40-23)35-18-34-24-27(31)32-17-33-28(24)35/h2-15,17-18,23,25-26,29,36-37H,16H2,1H3,(H2,31,32,33)/t23-,25-,26-,29-/m1/s1. The number of nitrogens with two attached hydrogens (primary N) is 1. The fraction of sp³-hybridized carbons (Fsp3) is 0.233. The smallest absolute Gasteiger partial charge is 0.167 e. The maximum Gasteiger partial charge on any atom is 0.167 e. The lowest BCUT2D eigenvalue weighted by Gasteiger charge is -2.37. The molecule has 0 unspecified atom stereocenters. The van der Waals surface area contributed by atoms with E-state index in [4.69, 9.17) is 19.9 Å². The number of fused-ring (bicyclic) bond motifs is 1. The predicted molar refractivity (Wildman–Crippen MR) is 147 cm³/mol. The van der Waals surface area contributed by atoms with Gasteiger partial charge in [0.2, 0.25) is 0 Å². The van der Waals surface area contributed by atoms with E-state index in [9.17, 15) is 10.2 Å². The first-order chi connectivity index (χ1) is 19.5. The first-order valence-corrected chi connectivity index (χ1v) is 12.9. The highest BCUT2D eigenvalue weighted by Gasteiger charge is 2.46. The molecule has 2 aromatic heterocycles. The van der Waals surface area contributed by atoms with Crippen molar-refractivity contribution in [3.63, 3.8) is 0 Å². The molecule has 40 heavy (non-hydrogen) atoms. The maximum absolute atomic E-state index is 11.1. The molecule has 4 atom stereocenters. The summed E-state index contributed by atoms with van der Waals surface area (Å²) < 4.78 is 20.0. The Kier molecular flexibility index (Phi) is 6.91. The van der Waals surface area contributed by atoms with Gasteiger partial charge < -0.3 is 30.2 Å². The average molecular weight is 540 g/mol. The molecule has 0 spiro atoms. The van der Waals surface area contributed by atoms with Gasteiger partial charge in [0, 0.05) is 0 Å². The summed E-state index contributed by atoms with van der Waals surface area (Å²) >= 11 is 0. The number of nitrogens with zero attached hydrogens (tertiary/aromatic N) is 4. The summed E-state index contributed by atoms with van der Waals surface area (Å²) in [6.07, 6.45) is -1.52. The van der Waals surface area contributed by atoms with Crippen molar-refractivity contribution in [2.45, 2.75) is 30.1 Å². The molecule has 5 aromatic rings. The van der Waals surface area contributed by atoms with Gasteiger partial charge in [-0.05, 0) is 28.8 Å². The van der Waals surface area contributed by atoms with Gasteiger partial charge >= 0.3 is 0 Å². The number of anilines is 1. The highest BCUT2D eigenvalue weighted by atomic mass is 16.6. The Bertz CT molecular complexity index is 1540. The number of ether oxygens (including phenoxy) is 3. The molecule has 0 amide bonds. The molecule has 1 saturated heterocycles. The molecule has 6 rings (SSSR count). The van der Waals surface area contributed by atoms with Crippen molar-refractivity contribution < 1.29 is 24.4 Å². The molecule has 3 heterocycles. The van der Waals surface area contributed by atoms with E-state index in [2.05, 4.69) is 15.0 Å². The van der Waals surface area contributed by atoms with Crippen LogP contribution in [-0.2, 0) is 15.1 Å². The normalized spacial score (nSPS) is 21.1. The lowest BCUT2D eigenvalue weighted by Crippen LogP contribution is -2.39. The van der Waals surface area contributed by atoms with Gasteiger partial charge in [-0.1, -0.05) is 72.8 Å². The largest absolute Gasteiger partial charge is 0.497 e. The lowest BCUT2D eigenvalue weighted by molar-refractivity contribution is -0.0942. The molecular weight excluding hydrogens is 510 g/mol. The third-order valence-corrected chi connectivity index (χ3v) is 7.32. The van der Waals surface area contributed by atoms with Crippen LogP contribution in [0.25, 0.3) is 11.2 Å². The van der Waals surface area contributed by atoms with Crippen LogP contribution in [0.1, 0.15) is 22.9 Å². The zero-order chi connectivity index (χ0) is 27.7. The van der Waals surface area contributed by atoms with Crippen molar-refractivity contribution in [2.75, 3.05) is 19.5 Å². The zero-order valence-electron chi connectivity index (χ0n) is 21.7. The van der Waals surface area contributed by atoms with E-state index in [1.165, 1.54) is 12.7 Å². The topological polar surface area (TPSA) is 138 Å². The molecular formula is C30H29N5O5. The number of nitrogen functional groups attached to an aromatic ring is 1. The van der Waals surface area contributed by atoms with Gasteiger partial charge in [0.1, 0.15) is 41.5 Å². The van der Waals surface area contributed by atoms with Gasteiger partial charge in [-0.25, -0.2) is 15.0 Å². The molecule has 0 bridgehead atoms. The monoisotopic (exact) mass is 539 g/mol. The molecule has 10 heteroatoms. The molecule has 4 N–H and O–H groups in total. The number of aromatic nitrogens is 4. The van der Waals surface area contributed by atoms with E-state index in [1.807, 2.05) is 84.9 Å². The highest BCUT2D eigenvalue weighted by molar-refractivity contribution is 5.81. The van der Waals surface area contributed by atoms with Crippen LogP contribution < -0.4 is 10.5 Å².